The van der Waals surface area contributed by atoms with Crippen LogP contribution in [0, 0.1) is 17.1 Å². The first kappa shape index (κ1) is 19.7. The number of fused-ring (bicyclic) bond motifs is 1. The molecule has 0 aromatic heterocycles. The summed E-state index contributed by atoms with van der Waals surface area (Å²) < 4.78 is 19.0. The lowest BCUT2D eigenvalue weighted by Gasteiger charge is -2.35. The van der Waals surface area contributed by atoms with Gasteiger partial charge in [0.1, 0.15) is 22.6 Å². The molecule has 2 heterocycles. The molecule has 150 valence electrons. The first-order valence-corrected chi connectivity index (χ1v) is 10.0. The van der Waals surface area contributed by atoms with Crippen molar-refractivity contribution in [2.75, 3.05) is 6.61 Å². The van der Waals surface area contributed by atoms with Crippen molar-refractivity contribution >= 4 is 28.6 Å². The van der Waals surface area contributed by atoms with Gasteiger partial charge >= 0.3 is 5.97 Å². The van der Waals surface area contributed by atoms with Gasteiger partial charge < -0.3 is 10.5 Å². The summed E-state index contributed by atoms with van der Waals surface area (Å²) in [6.45, 7) is 1.90. The maximum absolute atomic E-state index is 13.6. The summed E-state index contributed by atoms with van der Waals surface area (Å²) in [6.07, 6.45) is 0. The van der Waals surface area contributed by atoms with E-state index in [0.29, 0.717) is 21.3 Å². The molecule has 0 fully saturated rings. The van der Waals surface area contributed by atoms with Crippen molar-refractivity contribution < 1.29 is 13.9 Å². The highest BCUT2D eigenvalue weighted by atomic mass is 32.2. The van der Waals surface area contributed by atoms with E-state index in [1.54, 1.807) is 24.0 Å². The van der Waals surface area contributed by atoms with Crippen LogP contribution >= 0.6 is 11.8 Å². The summed E-state index contributed by atoms with van der Waals surface area (Å²) in [4.78, 5) is 19.7. The largest absolute Gasteiger partial charge is 0.463 e. The fourth-order valence-corrected chi connectivity index (χ4v) is 4.29. The Morgan fingerprint density at radius 1 is 1.27 bits per heavy atom. The first-order valence-electron chi connectivity index (χ1n) is 9.23. The Bertz CT molecular complexity index is 1130. The molecule has 2 aliphatic rings. The third-order valence-electron chi connectivity index (χ3n) is 4.72. The molecule has 0 amide bonds. The van der Waals surface area contributed by atoms with E-state index in [2.05, 4.69) is 11.1 Å². The van der Waals surface area contributed by atoms with Gasteiger partial charge in [0.2, 0.25) is 0 Å². The van der Waals surface area contributed by atoms with Crippen LogP contribution in [0.4, 0.5) is 4.39 Å². The van der Waals surface area contributed by atoms with Gasteiger partial charge in [0.25, 0.3) is 0 Å². The van der Waals surface area contributed by atoms with Crippen molar-refractivity contribution in [3.05, 3.63) is 87.8 Å². The summed E-state index contributed by atoms with van der Waals surface area (Å²) in [5.74, 6) is -0.744. The molecule has 0 radical (unpaired) electrons. The molecule has 30 heavy (non-hydrogen) atoms. The number of nitriles is 1. The second-order valence-electron chi connectivity index (χ2n) is 6.50. The zero-order chi connectivity index (χ0) is 21.3. The molecule has 0 saturated carbocycles. The number of hydrogen-bond acceptors (Lipinski definition) is 7. The Kier molecular flexibility index (Phi) is 5.29. The van der Waals surface area contributed by atoms with E-state index in [0.717, 1.165) is 17.3 Å². The van der Waals surface area contributed by atoms with Gasteiger partial charge in [-0.1, -0.05) is 42.5 Å². The summed E-state index contributed by atoms with van der Waals surface area (Å²) in [6, 6.07) is 16.4. The van der Waals surface area contributed by atoms with E-state index >= 15 is 0 Å². The van der Waals surface area contributed by atoms with Crippen LogP contribution < -0.4 is 5.73 Å². The molecule has 2 N–H and O–H groups in total. The molecule has 4 rings (SSSR count). The van der Waals surface area contributed by atoms with E-state index in [9.17, 15) is 14.4 Å². The average Bonchev–Trinajstić information content (AvgIpc) is 3.09. The predicted molar refractivity (Wildman–Crippen MR) is 113 cm³/mol. The maximum atomic E-state index is 13.6. The van der Waals surface area contributed by atoms with Crippen LogP contribution in [0.15, 0.2) is 75.9 Å². The number of amidine groups is 1. The Hall–Kier alpha value is -3.57. The van der Waals surface area contributed by atoms with Gasteiger partial charge in [-0.2, -0.15) is 5.26 Å². The normalized spacial score (nSPS) is 18.1. The number of nitrogens with two attached hydrogens (primary N) is 1. The summed E-state index contributed by atoms with van der Waals surface area (Å²) >= 11 is 1.14. The Morgan fingerprint density at radius 3 is 2.60 bits per heavy atom. The molecule has 0 spiro atoms. The molecular formula is C22H17FN4O2S. The van der Waals surface area contributed by atoms with Crippen LogP contribution in [-0.2, 0) is 9.53 Å². The van der Waals surface area contributed by atoms with Crippen LogP contribution in [0.1, 0.15) is 24.1 Å². The first-order chi connectivity index (χ1) is 14.5. The number of hydrogen-bond donors (Lipinski definition) is 1. The van der Waals surface area contributed by atoms with E-state index in [4.69, 9.17) is 10.5 Å². The highest BCUT2D eigenvalue weighted by molar-refractivity contribution is 8.17. The molecule has 8 heteroatoms. The lowest BCUT2D eigenvalue weighted by molar-refractivity contribution is -0.139. The Morgan fingerprint density at radius 2 is 1.97 bits per heavy atom. The number of esters is 1. The number of thioether (sulfide) groups is 1. The minimum Gasteiger partial charge on any atom is -0.463 e. The van der Waals surface area contributed by atoms with Crippen LogP contribution in [0.5, 0.6) is 0 Å². The van der Waals surface area contributed by atoms with Crippen LogP contribution in [0.25, 0.3) is 5.70 Å². The minimum atomic E-state index is -0.717. The fourth-order valence-electron chi connectivity index (χ4n) is 3.42. The van der Waals surface area contributed by atoms with Gasteiger partial charge in [0.15, 0.2) is 5.17 Å². The fraction of sp³-hybridized carbons (Fsp3) is 0.136. The standard InChI is InChI=1S/C22H17FN4O2S/c1-2-29-21(28)17-18(13-6-4-3-5-7-13)26-22-27(20(25)16(12-24)30-22)19(17)14-8-10-15(23)11-9-14/h3-11,19H,2,25H2,1H3/t19-/m1/s1. The number of rotatable bonds is 4. The number of carbonyl (C=O) groups is 1. The van der Waals surface area contributed by atoms with E-state index in [1.165, 1.54) is 12.1 Å². The molecule has 0 saturated heterocycles. The van der Waals surface area contributed by atoms with Gasteiger partial charge in [-0.3, -0.25) is 4.90 Å². The topological polar surface area (TPSA) is 91.7 Å². The molecule has 2 aromatic carbocycles. The summed E-state index contributed by atoms with van der Waals surface area (Å²) in [5.41, 5.74) is 8.33. The van der Waals surface area contributed by atoms with E-state index in [1.807, 2.05) is 30.3 Å². The molecule has 6 nitrogen and oxygen atoms in total. The Balaban J connectivity index is 1.99. The SMILES string of the molecule is CCOC(=O)C1=C(c2ccccc2)N=C2SC(C#N)=C(N)N2[C@@H]1c1ccc(F)cc1. The third-order valence-corrected chi connectivity index (χ3v) is 5.69. The van der Waals surface area contributed by atoms with E-state index < -0.39 is 17.8 Å². The molecule has 2 aromatic rings. The number of carbonyl (C=O) groups excluding carboxylic acids is 1. The van der Waals surface area contributed by atoms with Crippen LogP contribution in [-0.4, -0.2) is 22.6 Å². The van der Waals surface area contributed by atoms with Crippen molar-refractivity contribution in [3.63, 3.8) is 0 Å². The van der Waals surface area contributed by atoms with E-state index in [-0.39, 0.29) is 18.0 Å². The van der Waals surface area contributed by atoms with Crippen molar-refractivity contribution in [1.29, 1.82) is 5.26 Å². The molecular weight excluding hydrogens is 403 g/mol. The lowest BCUT2D eigenvalue weighted by Crippen LogP contribution is -2.38. The van der Waals surface area contributed by atoms with Crippen molar-refractivity contribution in [2.24, 2.45) is 10.7 Å². The number of benzene rings is 2. The van der Waals surface area contributed by atoms with Crippen LogP contribution in [0.2, 0.25) is 0 Å². The van der Waals surface area contributed by atoms with Crippen molar-refractivity contribution in [3.8, 4) is 6.07 Å². The average molecular weight is 420 g/mol. The molecule has 0 aliphatic carbocycles. The number of allylic oxidation sites excluding steroid dienone is 1. The zero-order valence-electron chi connectivity index (χ0n) is 16.0. The van der Waals surface area contributed by atoms with Gasteiger partial charge in [-0.25, -0.2) is 14.2 Å². The molecule has 2 aliphatic heterocycles. The van der Waals surface area contributed by atoms with Gasteiger partial charge in [-0.05, 0) is 36.4 Å². The van der Waals surface area contributed by atoms with Crippen LogP contribution in [0.3, 0.4) is 0 Å². The highest BCUT2D eigenvalue weighted by Crippen LogP contribution is 2.47. The zero-order valence-corrected chi connectivity index (χ0v) is 16.8. The van der Waals surface area contributed by atoms with Gasteiger partial charge in [-0.15, -0.1) is 0 Å². The van der Waals surface area contributed by atoms with Gasteiger partial charge in [0, 0.05) is 5.56 Å². The Labute approximate surface area is 177 Å². The predicted octanol–water partition coefficient (Wildman–Crippen LogP) is 3.91. The molecule has 0 bridgehead atoms. The third kappa shape index (κ3) is 3.33. The number of nitrogens with zero attached hydrogens (tertiary/aromatic N) is 3. The highest BCUT2D eigenvalue weighted by Gasteiger charge is 2.43. The minimum absolute atomic E-state index is 0.181. The smallest absolute Gasteiger partial charge is 0.338 e. The maximum Gasteiger partial charge on any atom is 0.338 e. The van der Waals surface area contributed by atoms with Crippen molar-refractivity contribution in [2.45, 2.75) is 13.0 Å². The monoisotopic (exact) mass is 420 g/mol. The second kappa shape index (κ2) is 8.05. The summed E-state index contributed by atoms with van der Waals surface area (Å²) in [5, 5.41) is 9.95. The quantitative estimate of drug-likeness (QED) is 0.754. The van der Waals surface area contributed by atoms with Gasteiger partial charge in [0.05, 0.1) is 23.9 Å². The number of aliphatic imine (C=N–C) groups is 1. The summed E-state index contributed by atoms with van der Waals surface area (Å²) in [7, 11) is 0. The lowest BCUT2D eigenvalue weighted by atomic mass is 9.92. The molecule has 1 atom stereocenters. The number of ether oxygens (including phenoxy) is 1. The number of halogens is 1. The molecule has 0 unspecified atom stereocenters. The van der Waals surface area contributed by atoms with Crippen molar-refractivity contribution in [1.82, 2.24) is 4.90 Å². The second-order valence-corrected chi connectivity index (χ2v) is 7.47.